The minimum Gasteiger partial charge on any atom is -0.465 e. The van der Waals surface area contributed by atoms with Crippen molar-refractivity contribution >= 4 is 11.9 Å². The van der Waals surface area contributed by atoms with Gasteiger partial charge in [-0.05, 0) is 32.1 Å². The molecule has 0 fully saturated rings. The van der Waals surface area contributed by atoms with Gasteiger partial charge in [-0.1, -0.05) is 45.3 Å². The van der Waals surface area contributed by atoms with Crippen LogP contribution < -0.4 is 0 Å². The third-order valence-corrected chi connectivity index (χ3v) is 4.17. The van der Waals surface area contributed by atoms with Crippen LogP contribution in [0.15, 0.2) is 11.6 Å². The van der Waals surface area contributed by atoms with Gasteiger partial charge >= 0.3 is 11.9 Å². The first-order chi connectivity index (χ1) is 10.6. The summed E-state index contributed by atoms with van der Waals surface area (Å²) in [6.07, 6.45) is 7.90. The number of hydrogen-bond donors (Lipinski definition) is 0. The number of unbranched alkanes of at least 4 members (excludes halogenated alkanes) is 2. The molecule has 126 valence electrons. The number of allylic oxidation sites excluding steroid dienone is 2. The van der Waals surface area contributed by atoms with Crippen molar-refractivity contribution in [3.05, 3.63) is 11.6 Å². The third kappa shape index (κ3) is 5.82. The zero-order valence-electron chi connectivity index (χ0n) is 14.2. The number of esters is 2. The van der Waals surface area contributed by atoms with Gasteiger partial charge in [0.05, 0.1) is 25.0 Å². The Morgan fingerprint density at radius 2 is 1.55 bits per heavy atom. The van der Waals surface area contributed by atoms with Crippen molar-refractivity contribution in [2.24, 2.45) is 11.8 Å². The van der Waals surface area contributed by atoms with Gasteiger partial charge in [0.25, 0.3) is 0 Å². The molecule has 0 N–H and O–H groups in total. The summed E-state index contributed by atoms with van der Waals surface area (Å²) in [7, 11) is 0. The summed E-state index contributed by atoms with van der Waals surface area (Å²) in [5.74, 6) is -1.27. The van der Waals surface area contributed by atoms with Gasteiger partial charge in [-0.25, -0.2) is 0 Å². The van der Waals surface area contributed by atoms with Crippen LogP contribution in [0.4, 0.5) is 0 Å². The fourth-order valence-corrected chi connectivity index (χ4v) is 2.61. The van der Waals surface area contributed by atoms with Crippen LogP contribution >= 0.6 is 0 Å². The van der Waals surface area contributed by atoms with Gasteiger partial charge < -0.3 is 9.47 Å². The molecule has 0 saturated carbocycles. The van der Waals surface area contributed by atoms with E-state index in [1.165, 1.54) is 5.57 Å². The Morgan fingerprint density at radius 3 is 2.05 bits per heavy atom. The van der Waals surface area contributed by atoms with Crippen molar-refractivity contribution in [3.63, 3.8) is 0 Å². The quantitative estimate of drug-likeness (QED) is 0.366. The lowest BCUT2D eigenvalue weighted by Gasteiger charge is -2.28. The van der Waals surface area contributed by atoms with Crippen molar-refractivity contribution in [3.8, 4) is 0 Å². The Kier molecular flexibility index (Phi) is 8.86. The number of carbonyl (C=O) groups is 2. The van der Waals surface area contributed by atoms with Crippen molar-refractivity contribution in [1.82, 2.24) is 0 Å². The van der Waals surface area contributed by atoms with Gasteiger partial charge in [-0.3, -0.25) is 9.59 Å². The second kappa shape index (κ2) is 10.4. The molecule has 1 rings (SSSR count). The standard InChI is InChI=1S/C18H30O4/c1-4-7-11-21-17(19)15-10-9-14(6-3)13-16(15)18(20)22-12-8-5-2/h9,15-16H,4-8,10-13H2,1-3H3. The van der Waals surface area contributed by atoms with Gasteiger partial charge in [0, 0.05) is 0 Å². The second-order valence-corrected chi connectivity index (χ2v) is 5.91. The van der Waals surface area contributed by atoms with E-state index in [1.54, 1.807) is 0 Å². The third-order valence-electron chi connectivity index (χ3n) is 4.17. The van der Waals surface area contributed by atoms with Crippen molar-refractivity contribution < 1.29 is 19.1 Å². The molecular formula is C18H30O4. The van der Waals surface area contributed by atoms with Crippen LogP contribution in [0.25, 0.3) is 0 Å². The van der Waals surface area contributed by atoms with E-state index in [0.717, 1.165) is 32.1 Å². The van der Waals surface area contributed by atoms with E-state index < -0.39 is 0 Å². The smallest absolute Gasteiger partial charge is 0.310 e. The molecule has 22 heavy (non-hydrogen) atoms. The SMILES string of the molecule is CCCCOC(=O)C1CC=C(CC)CC1C(=O)OCCCC. The Balaban J connectivity index is 2.67. The molecule has 2 unspecified atom stereocenters. The molecule has 2 atom stereocenters. The van der Waals surface area contributed by atoms with E-state index in [4.69, 9.17) is 9.47 Å². The Bertz CT molecular complexity index is 387. The molecule has 0 spiro atoms. The Labute approximate surface area is 134 Å². The summed E-state index contributed by atoms with van der Waals surface area (Å²) in [5.41, 5.74) is 1.23. The van der Waals surface area contributed by atoms with Crippen LogP contribution in [0.2, 0.25) is 0 Å². The molecule has 0 bridgehead atoms. The fraction of sp³-hybridized carbons (Fsp3) is 0.778. The summed E-state index contributed by atoms with van der Waals surface area (Å²) in [6, 6.07) is 0. The van der Waals surface area contributed by atoms with E-state index in [1.807, 2.05) is 0 Å². The molecule has 0 aromatic carbocycles. The van der Waals surface area contributed by atoms with E-state index in [0.29, 0.717) is 26.1 Å². The Hall–Kier alpha value is -1.32. The van der Waals surface area contributed by atoms with Gasteiger partial charge in [0.2, 0.25) is 0 Å². The predicted molar refractivity (Wildman–Crippen MR) is 86.3 cm³/mol. The minimum atomic E-state index is -0.388. The van der Waals surface area contributed by atoms with E-state index >= 15 is 0 Å². The zero-order chi connectivity index (χ0) is 16.4. The maximum absolute atomic E-state index is 12.3. The van der Waals surface area contributed by atoms with Crippen molar-refractivity contribution in [2.75, 3.05) is 13.2 Å². The highest BCUT2D eigenvalue weighted by Crippen LogP contribution is 2.33. The van der Waals surface area contributed by atoms with Gasteiger partial charge in [0.1, 0.15) is 0 Å². The van der Waals surface area contributed by atoms with Crippen LogP contribution in [-0.4, -0.2) is 25.2 Å². The molecule has 0 amide bonds. The van der Waals surface area contributed by atoms with Crippen LogP contribution in [0, 0.1) is 11.8 Å². The lowest BCUT2D eigenvalue weighted by atomic mass is 9.79. The predicted octanol–water partition coefficient (Wildman–Crippen LogP) is 4.04. The first-order valence-corrected chi connectivity index (χ1v) is 8.65. The van der Waals surface area contributed by atoms with E-state index in [9.17, 15) is 9.59 Å². The van der Waals surface area contributed by atoms with Crippen LogP contribution in [0.3, 0.4) is 0 Å². The molecule has 4 heteroatoms. The molecular weight excluding hydrogens is 280 g/mol. The average molecular weight is 310 g/mol. The lowest BCUT2D eigenvalue weighted by Crippen LogP contribution is -2.35. The number of carbonyl (C=O) groups excluding carboxylic acids is 2. The zero-order valence-corrected chi connectivity index (χ0v) is 14.2. The molecule has 1 aliphatic rings. The molecule has 0 aromatic rings. The summed E-state index contributed by atoms with van der Waals surface area (Å²) in [4.78, 5) is 24.6. The summed E-state index contributed by atoms with van der Waals surface area (Å²) in [6.45, 7) is 7.06. The lowest BCUT2D eigenvalue weighted by molar-refractivity contribution is -0.161. The Morgan fingerprint density at radius 1 is 1.00 bits per heavy atom. The topological polar surface area (TPSA) is 52.6 Å². The van der Waals surface area contributed by atoms with Crippen molar-refractivity contribution in [1.29, 1.82) is 0 Å². The highest BCUT2D eigenvalue weighted by atomic mass is 16.5. The summed E-state index contributed by atoms with van der Waals surface area (Å²) < 4.78 is 10.7. The highest BCUT2D eigenvalue weighted by molar-refractivity contribution is 5.83. The molecule has 1 aliphatic carbocycles. The molecule has 0 heterocycles. The van der Waals surface area contributed by atoms with Crippen LogP contribution in [0.1, 0.15) is 65.7 Å². The number of ether oxygens (including phenoxy) is 2. The van der Waals surface area contributed by atoms with Crippen LogP contribution in [0.5, 0.6) is 0 Å². The molecule has 0 radical (unpaired) electrons. The largest absolute Gasteiger partial charge is 0.465 e. The average Bonchev–Trinajstić information content (AvgIpc) is 2.54. The number of hydrogen-bond acceptors (Lipinski definition) is 4. The number of rotatable bonds is 9. The van der Waals surface area contributed by atoms with Crippen LogP contribution in [-0.2, 0) is 19.1 Å². The van der Waals surface area contributed by atoms with Crippen molar-refractivity contribution in [2.45, 2.75) is 65.7 Å². The van der Waals surface area contributed by atoms with Gasteiger partial charge in [-0.2, -0.15) is 0 Å². The molecule has 0 aromatic heterocycles. The first-order valence-electron chi connectivity index (χ1n) is 8.65. The first kappa shape index (κ1) is 18.7. The summed E-state index contributed by atoms with van der Waals surface area (Å²) in [5, 5.41) is 0. The van der Waals surface area contributed by atoms with Gasteiger partial charge in [0.15, 0.2) is 0 Å². The maximum Gasteiger partial charge on any atom is 0.310 e. The minimum absolute atomic E-state index is 0.245. The highest BCUT2D eigenvalue weighted by Gasteiger charge is 2.37. The molecule has 0 aliphatic heterocycles. The van der Waals surface area contributed by atoms with E-state index in [-0.39, 0.29) is 23.8 Å². The van der Waals surface area contributed by atoms with E-state index in [2.05, 4.69) is 26.8 Å². The summed E-state index contributed by atoms with van der Waals surface area (Å²) >= 11 is 0. The normalized spacial score (nSPS) is 21.1. The monoisotopic (exact) mass is 310 g/mol. The second-order valence-electron chi connectivity index (χ2n) is 5.91. The molecule has 4 nitrogen and oxygen atoms in total. The fourth-order valence-electron chi connectivity index (χ4n) is 2.61. The molecule has 0 saturated heterocycles. The van der Waals surface area contributed by atoms with Gasteiger partial charge in [-0.15, -0.1) is 0 Å². The maximum atomic E-state index is 12.3.